The molecule has 0 aliphatic heterocycles. The maximum atomic E-state index is 5.25. The highest BCUT2D eigenvalue weighted by molar-refractivity contribution is 5.27. The number of rotatable bonds is 3. The Morgan fingerprint density at radius 3 is 3.00 bits per heavy atom. The van der Waals surface area contributed by atoms with Gasteiger partial charge in [-0.2, -0.15) is 0 Å². The summed E-state index contributed by atoms with van der Waals surface area (Å²) in [5.41, 5.74) is 1.50. The molecule has 1 aliphatic carbocycles. The molecule has 0 saturated heterocycles. The van der Waals surface area contributed by atoms with Crippen LogP contribution < -0.4 is 5.32 Å². The van der Waals surface area contributed by atoms with Crippen LogP contribution in [-0.4, -0.2) is 12.2 Å². The van der Waals surface area contributed by atoms with E-state index >= 15 is 0 Å². The van der Waals surface area contributed by atoms with Crippen molar-refractivity contribution < 1.29 is 4.52 Å². The lowest BCUT2D eigenvalue weighted by Gasteiger charge is -2.05. The molecule has 0 spiro atoms. The third kappa shape index (κ3) is 1.14. The Balaban J connectivity index is 2.24. The van der Waals surface area contributed by atoms with Crippen LogP contribution in [0.4, 0.5) is 0 Å². The van der Waals surface area contributed by atoms with Crippen LogP contribution in [-0.2, 0) is 12.0 Å². The molecule has 0 atom stereocenters. The molecule has 0 bridgehead atoms. The Morgan fingerprint density at radius 2 is 2.42 bits per heavy atom. The first-order valence-electron chi connectivity index (χ1n) is 4.35. The summed E-state index contributed by atoms with van der Waals surface area (Å²) >= 11 is 0. The van der Waals surface area contributed by atoms with Crippen LogP contribution in [0, 0.1) is 0 Å². The molecule has 1 heterocycles. The lowest BCUT2D eigenvalue weighted by atomic mass is 10.0. The molecule has 1 aromatic heterocycles. The van der Waals surface area contributed by atoms with Crippen LogP contribution in [0.5, 0.6) is 0 Å². The van der Waals surface area contributed by atoms with E-state index in [2.05, 4.69) is 17.4 Å². The van der Waals surface area contributed by atoms with Gasteiger partial charge in [-0.3, -0.25) is 0 Å². The van der Waals surface area contributed by atoms with Crippen molar-refractivity contribution in [2.45, 2.75) is 31.7 Å². The van der Waals surface area contributed by atoms with Crippen molar-refractivity contribution in [2.75, 3.05) is 7.05 Å². The Bertz CT molecular complexity index is 276. The van der Waals surface area contributed by atoms with E-state index in [1.165, 1.54) is 18.4 Å². The first-order valence-corrected chi connectivity index (χ1v) is 4.35. The molecule has 66 valence electrons. The average Bonchev–Trinajstić information content (AvgIpc) is 2.64. The topological polar surface area (TPSA) is 38.1 Å². The summed E-state index contributed by atoms with van der Waals surface area (Å²) in [5, 5.41) is 6.94. The number of aromatic nitrogens is 1. The van der Waals surface area contributed by atoms with Crippen LogP contribution in [0.2, 0.25) is 0 Å². The largest absolute Gasteiger partial charge is 0.360 e. The molecule has 0 amide bonds. The van der Waals surface area contributed by atoms with Crippen molar-refractivity contribution in [3.8, 4) is 0 Å². The van der Waals surface area contributed by atoms with Gasteiger partial charge in [-0.15, -0.1) is 0 Å². The fourth-order valence-corrected chi connectivity index (χ4v) is 1.49. The van der Waals surface area contributed by atoms with Gasteiger partial charge in [-0.1, -0.05) is 12.1 Å². The first kappa shape index (κ1) is 7.80. The van der Waals surface area contributed by atoms with Gasteiger partial charge in [0.25, 0.3) is 0 Å². The summed E-state index contributed by atoms with van der Waals surface area (Å²) in [6, 6.07) is 0. The molecule has 0 aromatic carbocycles. The van der Waals surface area contributed by atoms with Gasteiger partial charge in [0.05, 0.1) is 6.20 Å². The number of nitrogens with one attached hydrogen (secondary N) is 1. The van der Waals surface area contributed by atoms with E-state index in [1.807, 2.05) is 13.2 Å². The SMILES string of the molecule is CNCc1cnoc1C1(C)CC1. The van der Waals surface area contributed by atoms with Crippen molar-refractivity contribution in [3.63, 3.8) is 0 Å². The molecular weight excluding hydrogens is 152 g/mol. The first-order chi connectivity index (χ1) is 5.76. The van der Waals surface area contributed by atoms with Gasteiger partial charge in [-0.05, 0) is 19.9 Å². The molecule has 1 aromatic rings. The standard InChI is InChI=1S/C9H14N2O/c1-9(3-4-9)8-7(5-10-2)6-11-12-8/h6,10H,3-5H2,1-2H3. The maximum Gasteiger partial charge on any atom is 0.147 e. The third-order valence-electron chi connectivity index (χ3n) is 2.56. The third-order valence-corrected chi connectivity index (χ3v) is 2.56. The Morgan fingerprint density at radius 1 is 1.67 bits per heavy atom. The summed E-state index contributed by atoms with van der Waals surface area (Å²) in [6.07, 6.45) is 4.28. The van der Waals surface area contributed by atoms with Gasteiger partial charge in [0.1, 0.15) is 5.76 Å². The summed E-state index contributed by atoms with van der Waals surface area (Å²) in [4.78, 5) is 0. The molecule has 1 aliphatic rings. The fraction of sp³-hybridized carbons (Fsp3) is 0.667. The predicted molar refractivity (Wildman–Crippen MR) is 45.9 cm³/mol. The lowest BCUT2D eigenvalue weighted by Crippen LogP contribution is -2.09. The van der Waals surface area contributed by atoms with Gasteiger partial charge >= 0.3 is 0 Å². The van der Waals surface area contributed by atoms with Gasteiger partial charge in [0.2, 0.25) is 0 Å². The molecule has 2 rings (SSSR count). The van der Waals surface area contributed by atoms with Crippen molar-refractivity contribution in [2.24, 2.45) is 0 Å². The molecule has 1 N–H and O–H groups in total. The van der Waals surface area contributed by atoms with Crippen LogP contribution >= 0.6 is 0 Å². The van der Waals surface area contributed by atoms with E-state index in [1.54, 1.807) is 0 Å². The maximum absolute atomic E-state index is 5.25. The highest BCUT2D eigenvalue weighted by Gasteiger charge is 2.44. The highest BCUT2D eigenvalue weighted by atomic mass is 16.5. The van der Waals surface area contributed by atoms with Crippen LogP contribution in [0.25, 0.3) is 0 Å². The van der Waals surface area contributed by atoms with Gasteiger partial charge in [-0.25, -0.2) is 0 Å². The van der Waals surface area contributed by atoms with Crippen LogP contribution in [0.1, 0.15) is 31.1 Å². The van der Waals surface area contributed by atoms with Crippen molar-refractivity contribution >= 4 is 0 Å². The minimum Gasteiger partial charge on any atom is -0.360 e. The van der Waals surface area contributed by atoms with E-state index in [9.17, 15) is 0 Å². The second-order valence-corrected chi connectivity index (χ2v) is 3.77. The van der Waals surface area contributed by atoms with E-state index in [0.29, 0.717) is 5.41 Å². The molecule has 0 radical (unpaired) electrons. The smallest absolute Gasteiger partial charge is 0.147 e. The predicted octanol–water partition coefficient (Wildman–Crippen LogP) is 1.45. The van der Waals surface area contributed by atoms with E-state index in [0.717, 1.165) is 12.3 Å². The second-order valence-electron chi connectivity index (χ2n) is 3.77. The average molecular weight is 166 g/mol. The Labute approximate surface area is 72.1 Å². The fourth-order valence-electron chi connectivity index (χ4n) is 1.49. The molecule has 1 fully saturated rings. The van der Waals surface area contributed by atoms with Crippen molar-refractivity contribution in [1.82, 2.24) is 10.5 Å². The lowest BCUT2D eigenvalue weighted by molar-refractivity contribution is 0.357. The molecule has 12 heavy (non-hydrogen) atoms. The zero-order chi connectivity index (χ0) is 8.60. The quantitative estimate of drug-likeness (QED) is 0.738. The van der Waals surface area contributed by atoms with Gasteiger partial charge in [0, 0.05) is 17.5 Å². The summed E-state index contributed by atoms with van der Waals surface area (Å²) < 4.78 is 5.25. The van der Waals surface area contributed by atoms with Gasteiger partial charge < -0.3 is 9.84 Å². The van der Waals surface area contributed by atoms with Crippen LogP contribution in [0.3, 0.4) is 0 Å². The monoisotopic (exact) mass is 166 g/mol. The Hall–Kier alpha value is -0.830. The summed E-state index contributed by atoms with van der Waals surface area (Å²) in [6.45, 7) is 3.08. The van der Waals surface area contributed by atoms with E-state index in [-0.39, 0.29) is 0 Å². The van der Waals surface area contributed by atoms with E-state index < -0.39 is 0 Å². The summed E-state index contributed by atoms with van der Waals surface area (Å²) in [7, 11) is 1.94. The Kier molecular flexibility index (Phi) is 1.68. The van der Waals surface area contributed by atoms with Gasteiger partial charge in [0.15, 0.2) is 0 Å². The highest BCUT2D eigenvalue weighted by Crippen LogP contribution is 2.48. The number of hydrogen-bond acceptors (Lipinski definition) is 3. The van der Waals surface area contributed by atoms with E-state index in [4.69, 9.17) is 4.52 Å². The second kappa shape index (κ2) is 2.59. The number of hydrogen-bond donors (Lipinski definition) is 1. The molecule has 1 saturated carbocycles. The summed E-state index contributed by atoms with van der Waals surface area (Å²) in [5.74, 6) is 1.08. The minimum atomic E-state index is 0.294. The zero-order valence-corrected chi connectivity index (χ0v) is 7.55. The zero-order valence-electron chi connectivity index (χ0n) is 7.55. The van der Waals surface area contributed by atoms with Crippen molar-refractivity contribution in [3.05, 3.63) is 17.5 Å². The van der Waals surface area contributed by atoms with Crippen LogP contribution in [0.15, 0.2) is 10.7 Å². The molecule has 0 unspecified atom stereocenters. The minimum absolute atomic E-state index is 0.294. The number of nitrogens with zero attached hydrogens (tertiary/aromatic N) is 1. The van der Waals surface area contributed by atoms with Crippen molar-refractivity contribution in [1.29, 1.82) is 0 Å². The normalized spacial score (nSPS) is 19.5. The molecular formula is C9H14N2O. The molecule has 3 nitrogen and oxygen atoms in total. The molecule has 3 heteroatoms.